The van der Waals surface area contributed by atoms with E-state index >= 15 is 0 Å². The highest BCUT2D eigenvalue weighted by molar-refractivity contribution is 6.05. The molecule has 164 valence electrons. The highest BCUT2D eigenvalue weighted by atomic mass is 19.1. The Morgan fingerprint density at radius 1 is 0.906 bits per heavy atom. The summed E-state index contributed by atoms with van der Waals surface area (Å²) in [6.45, 7) is 0.989. The molecule has 1 aliphatic rings. The van der Waals surface area contributed by atoms with Crippen molar-refractivity contribution in [2.75, 3.05) is 23.3 Å². The van der Waals surface area contributed by atoms with E-state index < -0.39 is 23.4 Å². The number of nitrogens with one attached hydrogen (secondary N) is 1. The Morgan fingerprint density at radius 2 is 1.66 bits per heavy atom. The van der Waals surface area contributed by atoms with Crippen LogP contribution in [-0.4, -0.2) is 29.9 Å². The Kier molecular flexibility index (Phi) is 6.11. The van der Waals surface area contributed by atoms with Crippen LogP contribution in [0.3, 0.4) is 0 Å². The van der Waals surface area contributed by atoms with E-state index in [0.717, 1.165) is 6.07 Å². The molecule has 0 saturated carbocycles. The number of amides is 3. The molecule has 0 unspecified atom stereocenters. The topological polar surface area (TPSA) is 52.7 Å². The van der Waals surface area contributed by atoms with E-state index in [9.17, 15) is 22.8 Å². The zero-order valence-corrected chi connectivity index (χ0v) is 17.0. The molecule has 3 aromatic carbocycles. The van der Waals surface area contributed by atoms with Gasteiger partial charge in [0, 0.05) is 37.1 Å². The second kappa shape index (κ2) is 9.13. The summed E-state index contributed by atoms with van der Waals surface area (Å²) in [5, 5.41) is 2.64. The third-order valence-corrected chi connectivity index (χ3v) is 5.14. The number of hydrogen-bond donors (Lipinski definition) is 1. The summed E-state index contributed by atoms with van der Waals surface area (Å²) in [6, 6.07) is 15.2. The fourth-order valence-corrected chi connectivity index (χ4v) is 3.69. The molecule has 0 radical (unpaired) electrons. The molecule has 1 fully saturated rings. The SMILES string of the molecule is O=C(Nc1cccc(N2CCCN(Cc3cc(F)cc(F)c3)C2=O)c1)c1ccccc1F. The highest BCUT2D eigenvalue weighted by Crippen LogP contribution is 2.25. The number of carbonyl (C=O) groups excluding carboxylic acids is 2. The van der Waals surface area contributed by atoms with Crippen LogP contribution >= 0.6 is 0 Å². The number of carbonyl (C=O) groups is 2. The summed E-state index contributed by atoms with van der Waals surface area (Å²) in [5.41, 5.74) is 1.24. The van der Waals surface area contributed by atoms with Gasteiger partial charge in [0.25, 0.3) is 5.91 Å². The second-order valence-corrected chi connectivity index (χ2v) is 7.47. The molecular weight excluding hydrogens is 419 g/mol. The monoisotopic (exact) mass is 439 g/mol. The smallest absolute Gasteiger partial charge is 0.322 e. The molecule has 1 saturated heterocycles. The van der Waals surface area contributed by atoms with Crippen molar-refractivity contribution in [3.05, 3.63) is 95.3 Å². The van der Waals surface area contributed by atoms with Gasteiger partial charge < -0.3 is 10.2 Å². The van der Waals surface area contributed by atoms with Crippen LogP contribution in [0.2, 0.25) is 0 Å². The van der Waals surface area contributed by atoms with Gasteiger partial charge in [-0.15, -0.1) is 0 Å². The lowest BCUT2D eigenvalue weighted by molar-refractivity contribution is 0.102. The van der Waals surface area contributed by atoms with Crippen molar-refractivity contribution in [3.63, 3.8) is 0 Å². The summed E-state index contributed by atoms with van der Waals surface area (Å²) < 4.78 is 40.9. The number of benzene rings is 3. The average molecular weight is 439 g/mol. The van der Waals surface area contributed by atoms with Crippen molar-refractivity contribution in [3.8, 4) is 0 Å². The van der Waals surface area contributed by atoms with Gasteiger partial charge in [-0.2, -0.15) is 0 Å². The number of hydrogen-bond acceptors (Lipinski definition) is 2. The zero-order chi connectivity index (χ0) is 22.7. The van der Waals surface area contributed by atoms with Gasteiger partial charge in [0.2, 0.25) is 0 Å². The van der Waals surface area contributed by atoms with Crippen LogP contribution in [-0.2, 0) is 6.54 Å². The molecule has 0 atom stereocenters. The van der Waals surface area contributed by atoms with Crippen LogP contribution in [0, 0.1) is 17.5 Å². The molecule has 1 N–H and O–H groups in total. The minimum absolute atomic E-state index is 0.0771. The van der Waals surface area contributed by atoms with Crippen LogP contribution < -0.4 is 10.2 Å². The molecular formula is C24H20F3N3O2. The third-order valence-electron chi connectivity index (χ3n) is 5.14. The molecule has 0 bridgehead atoms. The first-order valence-corrected chi connectivity index (χ1v) is 10.1. The molecule has 0 spiro atoms. The van der Waals surface area contributed by atoms with Crippen LogP contribution in [0.5, 0.6) is 0 Å². The maximum atomic E-state index is 13.9. The molecule has 1 aliphatic heterocycles. The van der Waals surface area contributed by atoms with E-state index in [2.05, 4.69) is 5.32 Å². The summed E-state index contributed by atoms with van der Waals surface area (Å²) >= 11 is 0. The van der Waals surface area contributed by atoms with Crippen molar-refractivity contribution >= 4 is 23.3 Å². The maximum Gasteiger partial charge on any atom is 0.324 e. The standard InChI is InChI=1S/C24H20F3N3O2/c25-17-11-16(12-18(26)13-17)15-29-9-4-10-30(24(29)32)20-6-3-5-19(14-20)28-23(31)21-7-1-2-8-22(21)27/h1-3,5-8,11-14H,4,9-10,15H2,(H,28,31). The van der Waals surface area contributed by atoms with Gasteiger partial charge in [0.15, 0.2) is 0 Å². The fourth-order valence-electron chi connectivity index (χ4n) is 3.69. The molecule has 5 nitrogen and oxygen atoms in total. The Labute approximate surface area is 183 Å². The number of halogens is 3. The minimum atomic E-state index is -0.695. The molecule has 8 heteroatoms. The summed E-state index contributed by atoms with van der Waals surface area (Å²) in [4.78, 5) is 28.5. The van der Waals surface area contributed by atoms with Crippen LogP contribution in [0.15, 0.2) is 66.7 Å². The van der Waals surface area contributed by atoms with Crippen molar-refractivity contribution in [2.45, 2.75) is 13.0 Å². The minimum Gasteiger partial charge on any atom is -0.322 e. The Balaban J connectivity index is 1.50. The van der Waals surface area contributed by atoms with Crippen molar-refractivity contribution in [2.24, 2.45) is 0 Å². The number of nitrogens with zero attached hydrogens (tertiary/aromatic N) is 2. The van der Waals surface area contributed by atoms with Gasteiger partial charge in [0.05, 0.1) is 5.56 Å². The van der Waals surface area contributed by atoms with Crippen LogP contribution in [0.4, 0.5) is 29.3 Å². The molecule has 0 aromatic heterocycles. The van der Waals surface area contributed by atoms with E-state index in [-0.39, 0.29) is 18.1 Å². The lowest BCUT2D eigenvalue weighted by Crippen LogP contribution is -2.49. The fraction of sp³-hybridized carbons (Fsp3) is 0.167. The number of urea groups is 1. The van der Waals surface area contributed by atoms with E-state index in [4.69, 9.17) is 0 Å². The Bertz CT molecular complexity index is 1150. The first-order chi connectivity index (χ1) is 15.4. The summed E-state index contributed by atoms with van der Waals surface area (Å²) in [5.74, 6) is -2.61. The van der Waals surface area contributed by atoms with Crippen LogP contribution in [0.25, 0.3) is 0 Å². The van der Waals surface area contributed by atoms with Gasteiger partial charge in [-0.25, -0.2) is 18.0 Å². The molecule has 1 heterocycles. The number of anilines is 2. The normalized spacial score (nSPS) is 13.9. The largest absolute Gasteiger partial charge is 0.324 e. The van der Waals surface area contributed by atoms with E-state index in [0.29, 0.717) is 36.4 Å². The van der Waals surface area contributed by atoms with Crippen molar-refractivity contribution in [1.82, 2.24) is 4.90 Å². The summed E-state index contributed by atoms with van der Waals surface area (Å²) in [7, 11) is 0. The van der Waals surface area contributed by atoms with Crippen molar-refractivity contribution in [1.29, 1.82) is 0 Å². The zero-order valence-electron chi connectivity index (χ0n) is 17.0. The predicted molar refractivity (Wildman–Crippen MR) is 115 cm³/mol. The molecule has 0 aliphatic carbocycles. The van der Waals surface area contributed by atoms with Gasteiger partial charge >= 0.3 is 6.03 Å². The van der Waals surface area contributed by atoms with E-state index in [1.165, 1.54) is 40.1 Å². The lowest BCUT2D eigenvalue weighted by Gasteiger charge is -2.36. The lowest BCUT2D eigenvalue weighted by atomic mass is 10.1. The molecule has 32 heavy (non-hydrogen) atoms. The van der Waals surface area contributed by atoms with Crippen LogP contribution in [0.1, 0.15) is 22.3 Å². The van der Waals surface area contributed by atoms with Crippen molar-refractivity contribution < 1.29 is 22.8 Å². The summed E-state index contributed by atoms with van der Waals surface area (Å²) in [6.07, 6.45) is 0.662. The average Bonchev–Trinajstić information content (AvgIpc) is 2.75. The van der Waals surface area contributed by atoms with Gasteiger partial charge in [-0.05, 0) is 54.4 Å². The third kappa shape index (κ3) is 4.74. The second-order valence-electron chi connectivity index (χ2n) is 7.47. The predicted octanol–water partition coefficient (Wildman–Crippen LogP) is 5.19. The quantitative estimate of drug-likeness (QED) is 0.595. The Morgan fingerprint density at radius 3 is 2.41 bits per heavy atom. The van der Waals surface area contributed by atoms with Gasteiger partial charge in [-0.1, -0.05) is 18.2 Å². The highest BCUT2D eigenvalue weighted by Gasteiger charge is 2.27. The molecule has 3 aromatic rings. The Hall–Kier alpha value is -3.81. The van der Waals surface area contributed by atoms with Gasteiger partial charge in [0.1, 0.15) is 17.5 Å². The molecule has 3 amide bonds. The first kappa shape index (κ1) is 21.4. The maximum absolute atomic E-state index is 13.9. The van der Waals surface area contributed by atoms with E-state index in [1.54, 1.807) is 30.3 Å². The van der Waals surface area contributed by atoms with Gasteiger partial charge in [-0.3, -0.25) is 9.69 Å². The van der Waals surface area contributed by atoms with E-state index in [1.807, 2.05) is 0 Å². The first-order valence-electron chi connectivity index (χ1n) is 10.1. The molecule has 4 rings (SSSR count). The number of rotatable bonds is 5.